The van der Waals surface area contributed by atoms with Crippen molar-refractivity contribution < 1.29 is 19.0 Å². The Morgan fingerprint density at radius 2 is 1.56 bits per heavy atom. The van der Waals surface area contributed by atoms with E-state index in [9.17, 15) is 4.79 Å². The Morgan fingerprint density at radius 3 is 2.22 bits per heavy atom. The average Bonchev–Trinajstić information content (AvgIpc) is 3.13. The average molecular weight is 549 g/mol. The second kappa shape index (κ2) is 11.4. The van der Waals surface area contributed by atoms with Gasteiger partial charge < -0.3 is 14.2 Å². The van der Waals surface area contributed by atoms with Crippen LogP contribution in [0.3, 0.4) is 0 Å². The van der Waals surface area contributed by atoms with Crippen LogP contribution < -0.4 is 19.2 Å². The standard InChI is InChI=1S/C29H29BrN2O4/c1-5-34-26-18-22(16-24-21(4)31-32(29(24)33)23-12-7-6-8-13-23)17-25(30)28(26)36-15-14-35-27-19(2)10-9-11-20(27)3/h6-13,16-18H,5,14-15H2,1-4H3/b24-16+. The number of ether oxygens (including phenoxy) is 3. The summed E-state index contributed by atoms with van der Waals surface area (Å²) in [5.74, 6) is 1.90. The van der Waals surface area contributed by atoms with Crippen LogP contribution in [-0.4, -0.2) is 31.4 Å². The van der Waals surface area contributed by atoms with Crippen molar-refractivity contribution in [1.82, 2.24) is 0 Å². The van der Waals surface area contributed by atoms with E-state index < -0.39 is 0 Å². The Labute approximate surface area is 220 Å². The first-order chi connectivity index (χ1) is 17.4. The van der Waals surface area contributed by atoms with Crippen LogP contribution in [0, 0.1) is 13.8 Å². The molecule has 0 saturated heterocycles. The monoisotopic (exact) mass is 548 g/mol. The lowest BCUT2D eigenvalue weighted by atomic mass is 10.1. The Hall–Kier alpha value is -3.58. The quantitative estimate of drug-likeness (QED) is 0.220. The largest absolute Gasteiger partial charge is 0.490 e. The number of carbonyl (C=O) groups is 1. The summed E-state index contributed by atoms with van der Waals surface area (Å²) in [5.41, 5.74) is 4.90. The Bertz CT molecular complexity index is 1300. The van der Waals surface area contributed by atoms with Gasteiger partial charge in [0.25, 0.3) is 5.91 Å². The SMILES string of the molecule is CCOc1cc(/C=C2/C(=O)N(c3ccccc3)N=C2C)cc(Br)c1OCCOc1c(C)cccc1C. The van der Waals surface area contributed by atoms with Crippen molar-refractivity contribution in [2.45, 2.75) is 27.7 Å². The molecule has 36 heavy (non-hydrogen) atoms. The molecule has 0 bridgehead atoms. The van der Waals surface area contributed by atoms with Gasteiger partial charge >= 0.3 is 0 Å². The van der Waals surface area contributed by atoms with Gasteiger partial charge in [0.1, 0.15) is 19.0 Å². The van der Waals surface area contributed by atoms with E-state index in [0.717, 1.165) is 32.6 Å². The van der Waals surface area contributed by atoms with Gasteiger partial charge in [0.15, 0.2) is 11.5 Å². The van der Waals surface area contributed by atoms with Crippen LogP contribution in [0.4, 0.5) is 5.69 Å². The van der Waals surface area contributed by atoms with E-state index in [1.54, 1.807) is 0 Å². The minimum Gasteiger partial charge on any atom is -0.490 e. The summed E-state index contributed by atoms with van der Waals surface area (Å²) < 4.78 is 18.6. The summed E-state index contributed by atoms with van der Waals surface area (Å²) in [4.78, 5) is 13.1. The molecule has 0 unspecified atom stereocenters. The second-order valence-electron chi connectivity index (χ2n) is 8.38. The number of hydrazone groups is 1. The molecule has 0 aliphatic carbocycles. The molecule has 4 rings (SSSR count). The van der Waals surface area contributed by atoms with Gasteiger partial charge in [-0.1, -0.05) is 36.4 Å². The van der Waals surface area contributed by atoms with Crippen LogP contribution in [-0.2, 0) is 4.79 Å². The summed E-state index contributed by atoms with van der Waals surface area (Å²) in [6.45, 7) is 9.03. The molecule has 1 aliphatic heterocycles. The molecular weight excluding hydrogens is 520 g/mol. The number of anilines is 1. The Morgan fingerprint density at radius 1 is 0.889 bits per heavy atom. The molecule has 1 heterocycles. The van der Waals surface area contributed by atoms with Crippen molar-refractivity contribution in [3.05, 3.63) is 87.4 Å². The fourth-order valence-corrected chi connectivity index (χ4v) is 4.56. The van der Waals surface area contributed by atoms with E-state index in [1.165, 1.54) is 5.01 Å². The van der Waals surface area contributed by atoms with Crippen molar-refractivity contribution in [1.29, 1.82) is 0 Å². The maximum atomic E-state index is 13.1. The highest BCUT2D eigenvalue weighted by Crippen LogP contribution is 2.38. The number of rotatable bonds is 9. The van der Waals surface area contributed by atoms with Crippen LogP contribution in [0.1, 0.15) is 30.5 Å². The van der Waals surface area contributed by atoms with Gasteiger partial charge in [-0.3, -0.25) is 4.79 Å². The molecule has 1 aliphatic rings. The second-order valence-corrected chi connectivity index (χ2v) is 9.23. The highest BCUT2D eigenvalue weighted by atomic mass is 79.9. The number of amides is 1. The van der Waals surface area contributed by atoms with E-state index in [1.807, 2.05) is 94.4 Å². The van der Waals surface area contributed by atoms with E-state index >= 15 is 0 Å². The van der Waals surface area contributed by atoms with Gasteiger partial charge in [0.2, 0.25) is 0 Å². The topological polar surface area (TPSA) is 60.4 Å². The Kier molecular flexibility index (Phi) is 8.10. The van der Waals surface area contributed by atoms with E-state index in [2.05, 4.69) is 21.0 Å². The molecule has 0 spiro atoms. The zero-order valence-corrected chi connectivity index (χ0v) is 22.5. The Balaban J connectivity index is 1.51. The van der Waals surface area contributed by atoms with Crippen LogP contribution in [0.15, 0.2) is 75.8 Å². The number of nitrogens with zero attached hydrogens (tertiary/aromatic N) is 2. The smallest absolute Gasteiger partial charge is 0.280 e. The minimum absolute atomic E-state index is 0.170. The fraction of sp³-hybridized carbons (Fsp3) is 0.241. The molecule has 3 aromatic carbocycles. The third-order valence-electron chi connectivity index (χ3n) is 5.69. The number of para-hydroxylation sites is 2. The summed E-state index contributed by atoms with van der Waals surface area (Å²) in [5, 5.41) is 5.88. The van der Waals surface area contributed by atoms with Gasteiger partial charge in [-0.2, -0.15) is 10.1 Å². The molecular formula is C29H29BrN2O4. The molecule has 0 atom stereocenters. The maximum absolute atomic E-state index is 13.1. The summed E-state index contributed by atoms with van der Waals surface area (Å²) in [6.07, 6.45) is 1.82. The van der Waals surface area contributed by atoms with Crippen LogP contribution >= 0.6 is 15.9 Å². The van der Waals surface area contributed by atoms with Gasteiger partial charge in [-0.25, -0.2) is 0 Å². The normalized spacial score (nSPS) is 14.2. The lowest BCUT2D eigenvalue weighted by Crippen LogP contribution is -2.21. The first-order valence-corrected chi connectivity index (χ1v) is 12.6. The number of benzene rings is 3. The van der Waals surface area contributed by atoms with Crippen LogP contribution in [0.2, 0.25) is 0 Å². The van der Waals surface area contributed by atoms with Crippen molar-refractivity contribution in [3.63, 3.8) is 0 Å². The summed E-state index contributed by atoms with van der Waals surface area (Å²) >= 11 is 3.62. The molecule has 0 fully saturated rings. The molecule has 6 nitrogen and oxygen atoms in total. The maximum Gasteiger partial charge on any atom is 0.280 e. The number of halogens is 1. The fourth-order valence-electron chi connectivity index (χ4n) is 3.98. The molecule has 3 aromatic rings. The highest BCUT2D eigenvalue weighted by Gasteiger charge is 2.28. The molecule has 186 valence electrons. The van der Waals surface area contributed by atoms with E-state index in [0.29, 0.717) is 42.6 Å². The molecule has 1 amide bonds. The molecule has 0 aromatic heterocycles. The van der Waals surface area contributed by atoms with Crippen LogP contribution in [0.25, 0.3) is 6.08 Å². The predicted octanol–water partition coefficient (Wildman–Crippen LogP) is 6.73. The predicted molar refractivity (Wildman–Crippen MR) is 147 cm³/mol. The van der Waals surface area contributed by atoms with Gasteiger partial charge in [-0.05, 0) is 90.7 Å². The summed E-state index contributed by atoms with van der Waals surface area (Å²) in [6, 6.07) is 19.2. The van der Waals surface area contributed by atoms with Crippen molar-refractivity contribution in [3.8, 4) is 17.2 Å². The third kappa shape index (κ3) is 5.62. The van der Waals surface area contributed by atoms with Crippen molar-refractivity contribution in [2.75, 3.05) is 24.8 Å². The lowest BCUT2D eigenvalue weighted by molar-refractivity contribution is -0.114. The molecule has 0 saturated carbocycles. The van der Waals surface area contributed by atoms with Gasteiger partial charge in [0, 0.05) is 0 Å². The zero-order valence-electron chi connectivity index (χ0n) is 20.9. The number of aryl methyl sites for hydroxylation is 2. The van der Waals surface area contributed by atoms with Crippen molar-refractivity contribution >= 4 is 39.3 Å². The van der Waals surface area contributed by atoms with Gasteiger partial charge in [0.05, 0.1) is 28.1 Å². The first kappa shape index (κ1) is 25.5. The van der Waals surface area contributed by atoms with E-state index in [4.69, 9.17) is 14.2 Å². The first-order valence-electron chi connectivity index (χ1n) is 11.8. The lowest BCUT2D eigenvalue weighted by Gasteiger charge is -2.16. The number of hydrogen-bond acceptors (Lipinski definition) is 5. The molecule has 0 radical (unpaired) electrons. The zero-order chi connectivity index (χ0) is 25.7. The number of hydrogen-bond donors (Lipinski definition) is 0. The number of carbonyl (C=O) groups excluding carboxylic acids is 1. The molecule has 7 heteroatoms. The third-order valence-corrected chi connectivity index (χ3v) is 6.28. The molecule has 0 N–H and O–H groups in total. The minimum atomic E-state index is -0.170. The van der Waals surface area contributed by atoms with Gasteiger partial charge in [-0.15, -0.1) is 0 Å². The van der Waals surface area contributed by atoms with Crippen molar-refractivity contribution in [2.24, 2.45) is 5.10 Å². The van der Waals surface area contributed by atoms with Crippen LogP contribution in [0.5, 0.6) is 17.2 Å². The van der Waals surface area contributed by atoms with E-state index in [-0.39, 0.29) is 5.91 Å². The summed E-state index contributed by atoms with van der Waals surface area (Å²) in [7, 11) is 0. The highest BCUT2D eigenvalue weighted by molar-refractivity contribution is 9.10.